The minimum Gasteiger partial charge on any atom is -0.356 e. The summed E-state index contributed by atoms with van der Waals surface area (Å²) in [6.07, 6.45) is 1.29. The van der Waals surface area contributed by atoms with Crippen molar-refractivity contribution in [1.29, 1.82) is 0 Å². The fourth-order valence-electron chi connectivity index (χ4n) is 2.37. The van der Waals surface area contributed by atoms with Gasteiger partial charge in [-0.2, -0.15) is 0 Å². The van der Waals surface area contributed by atoms with Crippen LogP contribution >= 0.6 is 0 Å². The third-order valence-corrected chi connectivity index (χ3v) is 3.40. The number of aromatic nitrogens is 1. The number of nitrogens with one attached hydrogen (secondary N) is 1. The molecule has 100 valence electrons. The van der Waals surface area contributed by atoms with Crippen LogP contribution in [0.4, 0.5) is 5.82 Å². The third kappa shape index (κ3) is 3.70. The Balaban J connectivity index is 1.92. The first-order chi connectivity index (χ1) is 8.65. The average molecular weight is 247 g/mol. The molecule has 0 radical (unpaired) electrons. The van der Waals surface area contributed by atoms with Crippen LogP contribution < -0.4 is 10.2 Å². The molecule has 1 aliphatic heterocycles. The van der Waals surface area contributed by atoms with Crippen LogP contribution in [-0.4, -0.2) is 24.6 Å². The summed E-state index contributed by atoms with van der Waals surface area (Å²) < 4.78 is 0. The molecule has 2 rings (SSSR count). The van der Waals surface area contributed by atoms with E-state index in [1.165, 1.54) is 6.42 Å². The molecule has 1 aromatic heterocycles. The zero-order chi connectivity index (χ0) is 13.0. The van der Waals surface area contributed by atoms with Crippen molar-refractivity contribution in [2.75, 3.05) is 24.5 Å². The summed E-state index contributed by atoms with van der Waals surface area (Å²) in [4.78, 5) is 7.15. The van der Waals surface area contributed by atoms with Crippen LogP contribution in [0.15, 0.2) is 18.2 Å². The van der Waals surface area contributed by atoms with Crippen molar-refractivity contribution in [3.05, 3.63) is 23.9 Å². The maximum absolute atomic E-state index is 4.75. The van der Waals surface area contributed by atoms with Crippen LogP contribution in [0.2, 0.25) is 0 Å². The molecule has 1 atom stereocenters. The molecule has 1 N–H and O–H groups in total. The molecular weight excluding hydrogens is 222 g/mol. The van der Waals surface area contributed by atoms with E-state index in [0.29, 0.717) is 5.92 Å². The molecular formula is C15H25N3. The molecule has 0 saturated carbocycles. The van der Waals surface area contributed by atoms with Crippen LogP contribution in [-0.2, 0) is 6.54 Å². The van der Waals surface area contributed by atoms with E-state index in [1.807, 2.05) is 0 Å². The summed E-state index contributed by atoms with van der Waals surface area (Å²) in [5.41, 5.74) is 1.15. The quantitative estimate of drug-likeness (QED) is 0.867. The van der Waals surface area contributed by atoms with Gasteiger partial charge in [0.1, 0.15) is 5.82 Å². The zero-order valence-corrected chi connectivity index (χ0v) is 11.8. The minimum atomic E-state index is 0.688. The molecule has 1 unspecified atom stereocenters. The summed E-state index contributed by atoms with van der Waals surface area (Å²) in [6.45, 7) is 11.0. The van der Waals surface area contributed by atoms with Crippen LogP contribution in [0.1, 0.15) is 32.9 Å². The van der Waals surface area contributed by atoms with Crippen molar-refractivity contribution in [3.63, 3.8) is 0 Å². The molecule has 18 heavy (non-hydrogen) atoms. The number of anilines is 1. The van der Waals surface area contributed by atoms with Gasteiger partial charge >= 0.3 is 0 Å². The lowest BCUT2D eigenvalue weighted by Gasteiger charge is -2.17. The molecule has 0 aromatic carbocycles. The first kappa shape index (κ1) is 13.3. The van der Waals surface area contributed by atoms with Crippen molar-refractivity contribution in [1.82, 2.24) is 10.3 Å². The highest BCUT2D eigenvalue weighted by molar-refractivity contribution is 5.40. The Morgan fingerprint density at radius 1 is 1.44 bits per heavy atom. The standard InChI is InChI=1S/C15H25N3/c1-12(2)9-16-10-14-5-4-6-15(17-14)18-8-7-13(3)11-18/h4-6,12-13,16H,7-11H2,1-3H3. The predicted molar refractivity (Wildman–Crippen MR) is 76.8 cm³/mol. The molecule has 0 amide bonds. The van der Waals surface area contributed by atoms with Gasteiger partial charge in [0, 0.05) is 19.6 Å². The van der Waals surface area contributed by atoms with E-state index >= 15 is 0 Å². The van der Waals surface area contributed by atoms with Gasteiger partial charge in [0.05, 0.1) is 5.69 Å². The van der Waals surface area contributed by atoms with Crippen molar-refractivity contribution < 1.29 is 0 Å². The fourth-order valence-corrected chi connectivity index (χ4v) is 2.37. The molecule has 1 aliphatic rings. The van der Waals surface area contributed by atoms with Gasteiger partial charge in [-0.05, 0) is 36.9 Å². The van der Waals surface area contributed by atoms with Crippen LogP contribution in [0.5, 0.6) is 0 Å². The number of nitrogens with zero attached hydrogens (tertiary/aromatic N) is 2. The van der Waals surface area contributed by atoms with E-state index in [0.717, 1.165) is 43.6 Å². The SMILES string of the molecule is CC(C)CNCc1cccc(N2CCC(C)C2)n1. The molecule has 1 saturated heterocycles. The second-order valence-electron chi connectivity index (χ2n) is 5.85. The molecule has 0 bridgehead atoms. The first-order valence-corrected chi connectivity index (χ1v) is 7.06. The predicted octanol–water partition coefficient (Wildman–Crippen LogP) is 2.67. The van der Waals surface area contributed by atoms with Gasteiger partial charge in [-0.1, -0.05) is 26.8 Å². The van der Waals surface area contributed by atoms with Gasteiger partial charge in [-0.3, -0.25) is 0 Å². The Hall–Kier alpha value is -1.09. The summed E-state index contributed by atoms with van der Waals surface area (Å²) >= 11 is 0. The Morgan fingerprint density at radius 2 is 2.28 bits per heavy atom. The smallest absolute Gasteiger partial charge is 0.128 e. The zero-order valence-electron chi connectivity index (χ0n) is 11.8. The van der Waals surface area contributed by atoms with E-state index in [4.69, 9.17) is 4.98 Å². The van der Waals surface area contributed by atoms with Crippen molar-refractivity contribution in [3.8, 4) is 0 Å². The Bertz CT molecular complexity index is 376. The van der Waals surface area contributed by atoms with Crippen molar-refractivity contribution >= 4 is 5.82 Å². The number of hydrogen-bond donors (Lipinski definition) is 1. The van der Waals surface area contributed by atoms with Crippen molar-refractivity contribution in [2.24, 2.45) is 11.8 Å². The van der Waals surface area contributed by atoms with Gasteiger partial charge in [0.15, 0.2) is 0 Å². The lowest BCUT2D eigenvalue weighted by atomic mass is 10.2. The topological polar surface area (TPSA) is 28.2 Å². The molecule has 2 heterocycles. The van der Waals surface area contributed by atoms with E-state index in [2.05, 4.69) is 49.2 Å². The molecule has 3 nitrogen and oxygen atoms in total. The number of rotatable bonds is 5. The van der Waals surface area contributed by atoms with E-state index < -0.39 is 0 Å². The summed E-state index contributed by atoms with van der Waals surface area (Å²) in [6, 6.07) is 6.36. The molecule has 0 aliphatic carbocycles. The Kier molecular flexibility index (Phi) is 4.59. The molecule has 0 spiro atoms. The van der Waals surface area contributed by atoms with Crippen LogP contribution in [0.25, 0.3) is 0 Å². The maximum Gasteiger partial charge on any atom is 0.128 e. The number of pyridine rings is 1. The van der Waals surface area contributed by atoms with E-state index in [1.54, 1.807) is 0 Å². The molecule has 3 heteroatoms. The van der Waals surface area contributed by atoms with Crippen molar-refractivity contribution in [2.45, 2.75) is 33.7 Å². The second kappa shape index (κ2) is 6.19. The highest BCUT2D eigenvalue weighted by Crippen LogP contribution is 2.21. The lowest BCUT2D eigenvalue weighted by molar-refractivity contribution is 0.548. The van der Waals surface area contributed by atoms with Gasteiger partial charge < -0.3 is 10.2 Å². The average Bonchev–Trinajstić information content (AvgIpc) is 2.76. The summed E-state index contributed by atoms with van der Waals surface area (Å²) in [5, 5.41) is 3.45. The summed E-state index contributed by atoms with van der Waals surface area (Å²) in [7, 11) is 0. The normalized spacial score (nSPS) is 19.8. The largest absolute Gasteiger partial charge is 0.356 e. The lowest BCUT2D eigenvalue weighted by Crippen LogP contribution is -2.22. The third-order valence-electron chi connectivity index (χ3n) is 3.40. The molecule has 1 aromatic rings. The Labute approximate surface area is 111 Å². The Morgan fingerprint density at radius 3 is 2.94 bits per heavy atom. The summed E-state index contributed by atoms with van der Waals surface area (Å²) in [5.74, 6) is 2.63. The monoisotopic (exact) mass is 247 g/mol. The van der Waals surface area contributed by atoms with Gasteiger partial charge in [0.2, 0.25) is 0 Å². The van der Waals surface area contributed by atoms with Crippen LogP contribution in [0, 0.1) is 11.8 Å². The highest BCUT2D eigenvalue weighted by atomic mass is 15.2. The number of hydrogen-bond acceptors (Lipinski definition) is 3. The van der Waals surface area contributed by atoms with E-state index in [9.17, 15) is 0 Å². The second-order valence-corrected chi connectivity index (χ2v) is 5.85. The van der Waals surface area contributed by atoms with Gasteiger partial charge in [0.25, 0.3) is 0 Å². The van der Waals surface area contributed by atoms with E-state index in [-0.39, 0.29) is 0 Å². The van der Waals surface area contributed by atoms with Gasteiger partial charge in [-0.25, -0.2) is 4.98 Å². The maximum atomic E-state index is 4.75. The minimum absolute atomic E-state index is 0.688. The highest BCUT2D eigenvalue weighted by Gasteiger charge is 2.19. The molecule has 1 fully saturated rings. The van der Waals surface area contributed by atoms with Gasteiger partial charge in [-0.15, -0.1) is 0 Å². The van der Waals surface area contributed by atoms with Crippen LogP contribution in [0.3, 0.4) is 0 Å². The fraction of sp³-hybridized carbons (Fsp3) is 0.667. The first-order valence-electron chi connectivity index (χ1n) is 7.06.